The van der Waals surface area contributed by atoms with E-state index in [0.29, 0.717) is 11.8 Å². The molecule has 0 spiro atoms. The van der Waals surface area contributed by atoms with E-state index < -0.39 is 46.2 Å². The summed E-state index contributed by atoms with van der Waals surface area (Å²) in [6, 6.07) is 11.1. The number of benzene rings is 1. The maximum atomic E-state index is 14.7. The van der Waals surface area contributed by atoms with Crippen LogP contribution in [0.25, 0.3) is 22.6 Å². The van der Waals surface area contributed by atoms with Gasteiger partial charge in [-0.1, -0.05) is 12.1 Å². The molecule has 0 saturated heterocycles. The second-order valence-electron chi connectivity index (χ2n) is 8.39. The Kier molecular flexibility index (Phi) is 6.09. The average molecular weight is 512 g/mol. The van der Waals surface area contributed by atoms with Crippen LogP contribution in [-0.2, 0) is 17.8 Å². The van der Waals surface area contributed by atoms with Gasteiger partial charge in [-0.3, -0.25) is 15.1 Å². The molecule has 3 heterocycles. The molecule has 0 unspecified atom stereocenters. The van der Waals surface area contributed by atoms with Crippen LogP contribution in [-0.4, -0.2) is 20.2 Å². The number of alkyl halides is 6. The average Bonchev–Trinajstić information content (AvgIpc) is 3.30. The van der Waals surface area contributed by atoms with Gasteiger partial charge in [-0.15, -0.1) is 0 Å². The van der Waals surface area contributed by atoms with Gasteiger partial charge in [-0.05, 0) is 56.3 Å². The molecule has 0 radical (unpaired) electrons. The minimum absolute atomic E-state index is 0.0465. The molecule has 0 aliphatic carbocycles. The fourth-order valence-electron chi connectivity index (χ4n) is 3.60. The normalized spacial score (nSPS) is 12.7. The lowest BCUT2D eigenvalue weighted by Crippen LogP contribution is -2.22. The number of aromatic amines is 1. The van der Waals surface area contributed by atoms with E-state index in [1.165, 1.54) is 18.2 Å². The summed E-state index contributed by atoms with van der Waals surface area (Å²) in [7, 11) is 0. The largest absolute Gasteiger partial charge is 0.432 e. The third-order valence-corrected chi connectivity index (χ3v) is 5.58. The molecule has 0 saturated carbocycles. The highest BCUT2D eigenvalue weighted by Crippen LogP contribution is 2.38. The van der Waals surface area contributed by atoms with Crippen molar-refractivity contribution in [1.29, 1.82) is 0 Å². The smallest absolute Gasteiger partial charge is 0.273 e. The Morgan fingerprint density at radius 1 is 0.694 bits per heavy atom. The fraction of sp³-hybridized carbons (Fsp3) is 0.208. The van der Waals surface area contributed by atoms with Crippen molar-refractivity contribution in [1.82, 2.24) is 20.2 Å². The summed E-state index contributed by atoms with van der Waals surface area (Å²) in [6.07, 6.45) is -9.86. The van der Waals surface area contributed by atoms with Crippen molar-refractivity contribution in [3.63, 3.8) is 0 Å². The van der Waals surface area contributed by atoms with Gasteiger partial charge in [0.2, 0.25) is 0 Å². The first-order valence-electron chi connectivity index (χ1n) is 10.3. The first-order valence-corrected chi connectivity index (χ1v) is 10.3. The number of pyridine rings is 2. The van der Waals surface area contributed by atoms with E-state index in [0.717, 1.165) is 12.1 Å². The van der Waals surface area contributed by atoms with Crippen LogP contribution >= 0.6 is 0 Å². The first-order chi connectivity index (χ1) is 16.7. The minimum Gasteiger partial charge on any atom is -0.273 e. The van der Waals surface area contributed by atoms with Crippen LogP contribution in [0.5, 0.6) is 0 Å². The van der Waals surface area contributed by atoms with Crippen molar-refractivity contribution in [2.24, 2.45) is 0 Å². The molecule has 0 bridgehead atoms. The standard InChI is InChI=1S/C24H16F8N4/c1-22(2,18-8-4-6-15(34-18)16-11-19(36-35-16)23(27,28)29)17-7-3-5-14(33-17)12-9-10-13(25)20(21(12)26)24(30,31)32/h3-11H,1-2H3,(H,35,36). The molecule has 3 aromatic heterocycles. The summed E-state index contributed by atoms with van der Waals surface area (Å²) in [4.78, 5) is 8.71. The molecule has 1 aromatic carbocycles. The lowest BCUT2D eigenvalue weighted by atomic mass is 9.84. The third kappa shape index (κ3) is 4.67. The zero-order valence-electron chi connectivity index (χ0n) is 18.6. The van der Waals surface area contributed by atoms with Crippen molar-refractivity contribution in [2.75, 3.05) is 0 Å². The Balaban J connectivity index is 1.74. The van der Waals surface area contributed by atoms with Crippen LogP contribution in [0.15, 0.2) is 54.6 Å². The Morgan fingerprint density at radius 3 is 1.83 bits per heavy atom. The third-order valence-electron chi connectivity index (χ3n) is 5.58. The highest BCUT2D eigenvalue weighted by Gasteiger charge is 2.39. The number of nitrogens with one attached hydrogen (secondary N) is 1. The maximum Gasteiger partial charge on any atom is 0.432 e. The number of hydrogen-bond donors (Lipinski definition) is 1. The molecule has 4 rings (SSSR count). The van der Waals surface area contributed by atoms with E-state index in [-0.39, 0.29) is 22.8 Å². The number of aromatic nitrogens is 4. The van der Waals surface area contributed by atoms with E-state index in [1.807, 2.05) is 5.10 Å². The van der Waals surface area contributed by atoms with Gasteiger partial charge in [0.1, 0.15) is 28.6 Å². The molecule has 1 N–H and O–H groups in total. The molecule has 4 aromatic rings. The summed E-state index contributed by atoms with van der Waals surface area (Å²) in [5.74, 6) is -3.53. The lowest BCUT2D eigenvalue weighted by Gasteiger charge is -2.24. The van der Waals surface area contributed by atoms with Crippen LogP contribution in [0, 0.1) is 11.6 Å². The molecule has 4 nitrogen and oxygen atoms in total. The van der Waals surface area contributed by atoms with Crippen molar-refractivity contribution in [3.8, 4) is 22.6 Å². The first kappa shape index (κ1) is 25.3. The predicted octanol–water partition coefficient (Wildman–Crippen LogP) is 7.18. The highest BCUT2D eigenvalue weighted by molar-refractivity contribution is 5.62. The molecule has 188 valence electrons. The molecule has 0 fully saturated rings. The summed E-state index contributed by atoms with van der Waals surface area (Å²) < 4.78 is 107. The van der Waals surface area contributed by atoms with Gasteiger partial charge in [0.05, 0.1) is 22.8 Å². The Morgan fingerprint density at radius 2 is 1.28 bits per heavy atom. The summed E-state index contributed by atoms with van der Waals surface area (Å²) in [5.41, 5.74) is -4.05. The van der Waals surface area contributed by atoms with Gasteiger partial charge in [-0.2, -0.15) is 31.4 Å². The molecule has 0 amide bonds. The number of hydrogen-bond acceptors (Lipinski definition) is 3. The molecule has 0 atom stereocenters. The Labute approximate surface area is 199 Å². The second kappa shape index (κ2) is 8.68. The fourth-order valence-corrected chi connectivity index (χ4v) is 3.60. The summed E-state index contributed by atoms with van der Waals surface area (Å²) in [6.45, 7) is 3.36. The van der Waals surface area contributed by atoms with Gasteiger partial charge in [0, 0.05) is 11.0 Å². The monoisotopic (exact) mass is 512 g/mol. The van der Waals surface area contributed by atoms with Gasteiger partial charge in [-0.25, -0.2) is 8.78 Å². The van der Waals surface area contributed by atoms with E-state index in [4.69, 9.17) is 0 Å². The molecule has 36 heavy (non-hydrogen) atoms. The molecular weight excluding hydrogens is 496 g/mol. The molecule has 12 heteroatoms. The molecular formula is C24H16F8N4. The van der Waals surface area contributed by atoms with Crippen molar-refractivity contribution < 1.29 is 35.1 Å². The Bertz CT molecular complexity index is 1420. The number of H-pyrrole nitrogens is 1. The predicted molar refractivity (Wildman–Crippen MR) is 114 cm³/mol. The quantitative estimate of drug-likeness (QED) is 0.295. The van der Waals surface area contributed by atoms with Crippen LogP contribution < -0.4 is 0 Å². The van der Waals surface area contributed by atoms with E-state index in [2.05, 4.69) is 15.1 Å². The minimum atomic E-state index is -5.25. The zero-order chi connectivity index (χ0) is 26.5. The van der Waals surface area contributed by atoms with E-state index >= 15 is 0 Å². The van der Waals surface area contributed by atoms with Crippen LogP contribution in [0.2, 0.25) is 0 Å². The lowest BCUT2D eigenvalue weighted by molar-refractivity contribution is -0.142. The summed E-state index contributed by atoms with van der Waals surface area (Å²) in [5, 5.41) is 5.57. The molecule has 0 aliphatic heterocycles. The van der Waals surface area contributed by atoms with E-state index in [9.17, 15) is 35.1 Å². The van der Waals surface area contributed by atoms with E-state index in [1.54, 1.807) is 32.0 Å². The SMILES string of the molecule is CC(C)(c1cccc(-c2cc(C(F)(F)F)[nH]n2)n1)c1cccc(-c2ccc(F)c(C(F)(F)F)c2F)n1. The summed E-state index contributed by atoms with van der Waals surface area (Å²) >= 11 is 0. The van der Waals surface area contributed by atoms with Gasteiger partial charge in [0.15, 0.2) is 0 Å². The molecule has 0 aliphatic rings. The van der Waals surface area contributed by atoms with Crippen LogP contribution in [0.1, 0.15) is 36.5 Å². The maximum absolute atomic E-state index is 14.7. The zero-order valence-corrected chi connectivity index (χ0v) is 18.6. The van der Waals surface area contributed by atoms with Gasteiger partial charge < -0.3 is 0 Å². The highest BCUT2D eigenvalue weighted by atomic mass is 19.4. The van der Waals surface area contributed by atoms with Gasteiger partial charge in [0.25, 0.3) is 0 Å². The van der Waals surface area contributed by atoms with Crippen LogP contribution in [0.3, 0.4) is 0 Å². The number of rotatable bonds is 4. The van der Waals surface area contributed by atoms with Crippen LogP contribution in [0.4, 0.5) is 35.1 Å². The second-order valence-corrected chi connectivity index (χ2v) is 8.39. The van der Waals surface area contributed by atoms with Crippen molar-refractivity contribution >= 4 is 0 Å². The topological polar surface area (TPSA) is 54.5 Å². The van der Waals surface area contributed by atoms with Crippen molar-refractivity contribution in [3.05, 3.63) is 88.9 Å². The number of halogens is 8. The Hall–Kier alpha value is -3.83. The van der Waals surface area contributed by atoms with Gasteiger partial charge >= 0.3 is 12.4 Å². The van der Waals surface area contributed by atoms with Crippen molar-refractivity contribution in [2.45, 2.75) is 31.6 Å². The number of nitrogens with zero attached hydrogens (tertiary/aromatic N) is 3.